The van der Waals surface area contributed by atoms with Crippen LogP contribution in [0.4, 0.5) is 10.1 Å². The Morgan fingerprint density at radius 3 is 2.88 bits per heavy atom. The zero-order chi connectivity index (χ0) is 24.0. The molecule has 5 heteroatoms. The van der Waals surface area contributed by atoms with E-state index in [-0.39, 0.29) is 17.1 Å². The topological polar surface area (TPSA) is 45.5 Å². The van der Waals surface area contributed by atoms with Gasteiger partial charge in [-0.15, -0.1) is 6.58 Å². The molecule has 2 aromatic carbocycles. The number of hydrogen-bond donors (Lipinski definition) is 0. The first-order chi connectivity index (χ1) is 16.6. The lowest BCUT2D eigenvalue weighted by molar-refractivity contribution is 0.0561. The summed E-state index contributed by atoms with van der Waals surface area (Å²) in [6, 6.07) is 13.4. The van der Waals surface area contributed by atoms with Crippen molar-refractivity contribution in [3.8, 4) is 17.2 Å². The Morgan fingerprint density at radius 2 is 2.18 bits per heavy atom. The number of halogens is 1. The van der Waals surface area contributed by atoms with Crippen LogP contribution < -0.4 is 4.90 Å². The summed E-state index contributed by atoms with van der Waals surface area (Å²) in [5.41, 5.74) is 4.36. The summed E-state index contributed by atoms with van der Waals surface area (Å²) in [4.78, 5) is 2.45. The van der Waals surface area contributed by atoms with Gasteiger partial charge >= 0.3 is 0 Å². The molecule has 0 saturated carbocycles. The van der Waals surface area contributed by atoms with E-state index in [1.165, 1.54) is 12.5 Å². The SMILES string of the molecule is C=CCC(Cc1ccc(N2CCCC3(CCOC3)C2)c(-c2ccc(C#N)c(F)c2)c1)OCCC. The quantitative estimate of drug-likeness (QED) is 0.411. The maximum Gasteiger partial charge on any atom is 0.141 e. The Labute approximate surface area is 203 Å². The standard InChI is InChI=1S/C29H35FN2O2/c1-3-6-25(34-14-4-2)16-22-7-10-28(32-13-5-11-29(20-32)12-15-33-21-29)26(17-22)23-8-9-24(19-31)27(30)18-23/h3,7-10,17-18,25H,1,4-6,11-16,20-21H2,2H3. The fraction of sp³-hybridized carbons (Fsp3) is 0.483. The number of nitrogens with zero attached hydrogens (tertiary/aromatic N) is 2. The highest BCUT2D eigenvalue weighted by Crippen LogP contribution is 2.42. The molecular weight excluding hydrogens is 427 g/mol. The van der Waals surface area contributed by atoms with Crippen LogP contribution in [0.15, 0.2) is 49.1 Å². The molecule has 1 spiro atoms. The van der Waals surface area contributed by atoms with Gasteiger partial charge in [0.2, 0.25) is 0 Å². The Balaban J connectivity index is 1.69. The minimum atomic E-state index is -0.480. The van der Waals surface area contributed by atoms with Crippen LogP contribution >= 0.6 is 0 Å². The largest absolute Gasteiger partial charge is 0.381 e. The average Bonchev–Trinajstić information content (AvgIpc) is 3.29. The fourth-order valence-electron chi connectivity index (χ4n) is 5.32. The van der Waals surface area contributed by atoms with Crippen molar-refractivity contribution >= 4 is 5.69 Å². The third-order valence-electron chi connectivity index (χ3n) is 7.10. The van der Waals surface area contributed by atoms with E-state index >= 15 is 0 Å². The molecule has 2 aromatic rings. The highest BCUT2D eigenvalue weighted by atomic mass is 19.1. The number of ether oxygens (including phenoxy) is 2. The Kier molecular flexibility index (Phi) is 8.03. The second-order valence-corrected chi connectivity index (χ2v) is 9.71. The van der Waals surface area contributed by atoms with E-state index in [2.05, 4.69) is 36.6 Å². The Hall–Kier alpha value is -2.68. The van der Waals surface area contributed by atoms with Crippen LogP contribution in [0.3, 0.4) is 0 Å². The van der Waals surface area contributed by atoms with Gasteiger partial charge in [-0.05, 0) is 73.9 Å². The number of hydrogen-bond acceptors (Lipinski definition) is 4. The van der Waals surface area contributed by atoms with E-state index in [4.69, 9.17) is 9.47 Å². The molecule has 0 aliphatic carbocycles. The highest BCUT2D eigenvalue weighted by Gasteiger charge is 2.39. The van der Waals surface area contributed by atoms with E-state index in [1.807, 2.05) is 18.2 Å². The average molecular weight is 463 g/mol. The molecule has 4 nitrogen and oxygen atoms in total. The zero-order valence-electron chi connectivity index (χ0n) is 20.2. The summed E-state index contributed by atoms with van der Waals surface area (Å²) < 4.78 is 26.4. The van der Waals surface area contributed by atoms with Crippen molar-refractivity contribution in [2.45, 2.75) is 51.6 Å². The molecule has 0 bridgehead atoms. The van der Waals surface area contributed by atoms with Crippen molar-refractivity contribution in [3.63, 3.8) is 0 Å². The first-order valence-electron chi connectivity index (χ1n) is 12.5. The molecule has 2 aliphatic rings. The minimum Gasteiger partial charge on any atom is -0.381 e. The van der Waals surface area contributed by atoms with Crippen molar-refractivity contribution in [2.24, 2.45) is 5.41 Å². The third-order valence-corrected chi connectivity index (χ3v) is 7.10. The maximum absolute atomic E-state index is 14.6. The molecule has 2 unspecified atom stereocenters. The minimum absolute atomic E-state index is 0.0699. The molecule has 0 N–H and O–H groups in total. The van der Waals surface area contributed by atoms with Crippen molar-refractivity contribution in [2.75, 3.05) is 37.8 Å². The van der Waals surface area contributed by atoms with Gasteiger partial charge in [0, 0.05) is 43.0 Å². The van der Waals surface area contributed by atoms with E-state index < -0.39 is 5.82 Å². The van der Waals surface area contributed by atoms with E-state index in [9.17, 15) is 9.65 Å². The lowest BCUT2D eigenvalue weighted by Gasteiger charge is -2.41. The summed E-state index contributed by atoms with van der Waals surface area (Å²) in [6.45, 7) is 10.3. The summed E-state index contributed by atoms with van der Waals surface area (Å²) in [6.07, 6.45) is 7.93. The predicted octanol–water partition coefficient (Wildman–Crippen LogP) is 6.29. The molecule has 0 amide bonds. The molecule has 0 radical (unpaired) electrons. The summed E-state index contributed by atoms with van der Waals surface area (Å²) in [7, 11) is 0. The highest BCUT2D eigenvalue weighted by molar-refractivity contribution is 5.80. The second kappa shape index (κ2) is 11.2. The molecule has 180 valence electrons. The van der Waals surface area contributed by atoms with Gasteiger partial charge in [-0.2, -0.15) is 5.26 Å². The van der Waals surface area contributed by atoms with Gasteiger partial charge in [0.1, 0.15) is 11.9 Å². The maximum atomic E-state index is 14.6. The van der Waals surface area contributed by atoms with Crippen molar-refractivity contribution < 1.29 is 13.9 Å². The lowest BCUT2D eigenvalue weighted by atomic mass is 9.79. The number of piperidine rings is 1. The number of anilines is 1. The molecule has 2 fully saturated rings. The predicted molar refractivity (Wildman–Crippen MR) is 134 cm³/mol. The van der Waals surface area contributed by atoms with Crippen LogP contribution in [-0.4, -0.2) is 39.0 Å². The van der Waals surface area contributed by atoms with E-state index in [0.29, 0.717) is 0 Å². The van der Waals surface area contributed by atoms with Gasteiger partial charge in [-0.1, -0.05) is 25.1 Å². The molecule has 2 heterocycles. The number of rotatable bonds is 9. The summed E-state index contributed by atoms with van der Waals surface area (Å²) in [5.74, 6) is -0.480. The Morgan fingerprint density at radius 1 is 1.29 bits per heavy atom. The van der Waals surface area contributed by atoms with Crippen molar-refractivity contribution in [3.05, 3.63) is 66.0 Å². The second-order valence-electron chi connectivity index (χ2n) is 9.71. The first-order valence-corrected chi connectivity index (χ1v) is 12.5. The first kappa shape index (κ1) is 24.4. The zero-order valence-corrected chi connectivity index (χ0v) is 20.2. The van der Waals surface area contributed by atoms with Crippen LogP contribution in [0, 0.1) is 22.6 Å². The number of nitriles is 1. The van der Waals surface area contributed by atoms with Crippen molar-refractivity contribution in [1.29, 1.82) is 5.26 Å². The lowest BCUT2D eigenvalue weighted by Crippen LogP contribution is -2.44. The Bertz CT molecular complexity index is 1040. The monoisotopic (exact) mass is 462 g/mol. The van der Waals surface area contributed by atoms with Gasteiger partial charge in [0.05, 0.1) is 18.3 Å². The van der Waals surface area contributed by atoms with Crippen LogP contribution in [0.25, 0.3) is 11.1 Å². The van der Waals surface area contributed by atoms with Gasteiger partial charge in [0.15, 0.2) is 0 Å². The third kappa shape index (κ3) is 5.51. The molecular formula is C29H35FN2O2. The van der Waals surface area contributed by atoms with E-state index in [0.717, 1.165) is 87.4 Å². The van der Waals surface area contributed by atoms with Crippen molar-refractivity contribution in [1.82, 2.24) is 0 Å². The van der Waals surface area contributed by atoms with Crippen LogP contribution in [-0.2, 0) is 15.9 Å². The van der Waals surface area contributed by atoms with Crippen LogP contribution in [0.2, 0.25) is 0 Å². The molecule has 0 aromatic heterocycles. The molecule has 34 heavy (non-hydrogen) atoms. The van der Waals surface area contributed by atoms with Gasteiger partial charge in [0.25, 0.3) is 0 Å². The van der Waals surface area contributed by atoms with Gasteiger partial charge in [-0.25, -0.2) is 4.39 Å². The summed E-state index contributed by atoms with van der Waals surface area (Å²) in [5, 5.41) is 9.19. The van der Waals surface area contributed by atoms with Gasteiger partial charge in [-0.3, -0.25) is 0 Å². The molecule has 2 aliphatic heterocycles. The van der Waals surface area contributed by atoms with Crippen LogP contribution in [0.1, 0.15) is 50.2 Å². The van der Waals surface area contributed by atoms with Gasteiger partial charge < -0.3 is 14.4 Å². The molecule has 2 atom stereocenters. The van der Waals surface area contributed by atoms with E-state index in [1.54, 1.807) is 6.07 Å². The summed E-state index contributed by atoms with van der Waals surface area (Å²) >= 11 is 0. The van der Waals surface area contributed by atoms with Crippen LogP contribution in [0.5, 0.6) is 0 Å². The smallest absolute Gasteiger partial charge is 0.141 e. The fourth-order valence-corrected chi connectivity index (χ4v) is 5.32. The molecule has 2 saturated heterocycles. The number of benzene rings is 2. The molecule has 4 rings (SSSR count). The normalized spacial score (nSPS) is 20.9.